The average Bonchev–Trinajstić information content (AvgIpc) is 2.48. The molecule has 2 aromatic rings. The third-order valence-corrected chi connectivity index (χ3v) is 3.53. The summed E-state index contributed by atoms with van der Waals surface area (Å²) in [7, 11) is 0. The second kappa shape index (κ2) is 7.29. The first kappa shape index (κ1) is 17.0. The molecule has 0 bridgehead atoms. The van der Waals surface area contributed by atoms with Gasteiger partial charge in [-0.15, -0.1) is 0 Å². The molecule has 120 valence electrons. The van der Waals surface area contributed by atoms with Crippen LogP contribution in [-0.2, 0) is 4.79 Å². The molecule has 2 aromatic carbocycles. The number of hydrogen-bond acceptors (Lipinski definition) is 3. The Morgan fingerprint density at radius 2 is 1.96 bits per heavy atom. The quantitative estimate of drug-likeness (QED) is 0.666. The van der Waals surface area contributed by atoms with E-state index in [1.807, 2.05) is 49.4 Å². The molecule has 0 aliphatic heterocycles. The van der Waals surface area contributed by atoms with Crippen LogP contribution < -0.4 is 10.2 Å². The Bertz CT molecular complexity index is 726. The Labute approximate surface area is 141 Å². The fraction of sp³-hybridized carbons (Fsp3) is 0.222. The van der Waals surface area contributed by atoms with Gasteiger partial charge in [-0.25, -0.2) is 5.43 Å². The lowest BCUT2D eigenvalue weighted by molar-refractivity contribution is -0.134. The molecular weight excluding hydrogens is 312 g/mol. The van der Waals surface area contributed by atoms with Crippen LogP contribution in [0.2, 0.25) is 5.02 Å². The Kier molecular flexibility index (Phi) is 5.40. The summed E-state index contributed by atoms with van der Waals surface area (Å²) in [6.07, 6.45) is 1.50. The van der Waals surface area contributed by atoms with Gasteiger partial charge in [0.05, 0.1) is 6.21 Å². The predicted molar refractivity (Wildman–Crippen MR) is 93.1 cm³/mol. The molecule has 0 aromatic heterocycles. The van der Waals surface area contributed by atoms with Crippen molar-refractivity contribution in [3.8, 4) is 5.75 Å². The van der Waals surface area contributed by atoms with Gasteiger partial charge in [-0.3, -0.25) is 4.79 Å². The second-order valence-electron chi connectivity index (χ2n) is 5.65. The van der Waals surface area contributed by atoms with Gasteiger partial charge in [0.1, 0.15) is 5.75 Å². The van der Waals surface area contributed by atoms with Crippen molar-refractivity contribution in [2.45, 2.75) is 26.4 Å². The largest absolute Gasteiger partial charge is 0.478 e. The van der Waals surface area contributed by atoms with Gasteiger partial charge in [0.2, 0.25) is 0 Å². The zero-order valence-corrected chi connectivity index (χ0v) is 14.1. The van der Waals surface area contributed by atoms with Gasteiger partial charge in [-0.05, 0) is 44.5 Å². The van der Waals surface area contributed by atoms with E-state index in [0.717, 1.165) is 11.1 Å². The van der Waals surface area contributed by atoms with Crippen molar-refractivity contribution in [1.82, 2.24) is 5.43 Å². The van der Waals surface area contributed by atoms with Gasteiger partial charge in [-0.2, -0.15) is 5.10 Å². The first-order valence-electron chi connectivity index (χ1n) is 7.22. The number of benzene rings is 2. The highest BCUT2D eigenvalue weighted by atomic mass is 35.5. The van der Waals surface area contributed by atoms with Crippen LogP contribution in [0.5, 0.6) is 5.75 Å². The molecule has 5 heteroatoms. The Morgan fingerprint density at radius 1 is 1.22 bits per heavy atom. The third-order valence-electron chi connectivity index (χ3n) is 3.18. The molecule has 0 heterocycles. The minimum Gasteiger partial charge on any atom is -0.478 e. The number of nitrogens with zero attached hydrogens (tertiary/aromatic N) is 1. The van der Waals surface area contributed by atoms with E-state index in [1.165, 1.54) is 6.21 Å². The Morgan fingerprint density at radius 3 is 2.65 bits per heavy atom. The molecule has 0 saturated carbocycles. The third kappa shape index (κ3) is 4.83. The number of hydrogen-bond donors (Lipinski definition) is 1. The van der Waals surface area contributed by atoms with E-state index in [2.05, 4.69) is 10.5 Å². The number of nitrogens with one attached hydrogen (secondary N) is 1. The molecule has 4 nitrogen and oxygen atoms in total. The van der Waals surface area contributed by atoms with E-state index < -0.39 is 5.60 Å². The molecule has 0 fully saturated rings. The maximum Gasteiger partial charge on any atom is 0.283 e. The topological polar surface area (TPSA) is 50.7 Å². The monoisotopic (exact) mass is 330 g/mol. The van der Waals surface area contributed by atoms with Gasteiger partial charge in [0.25, 0.3) is 5.91 Å². The van der Waals surface area contributed by atoms with Crippen LogP contribution in [0.3, 0.4) is 0 Å². The molecule has 0 aliphatic rings. The fourth-order valence-electron chi connectivity index (χ4n) is 1.89. The van der Waals surface area contributed by atoms with Gasteiger partial charge in [0.15, 0.2) is 5.60 Å². The normalized spacial score (nSPS) is 11.5. The number of carbonyl (C=O) groups is 1. The molecular formula is C18H19ClN2O2. The number of aryl methyl sites for hydroxylation is 1. The molecule has 1 N–H and O–H groups in total. The lowest BCUT2D eigenvalue weighted by atomic mass is 10.1. The molecule has 1 amide bonds. The van der Waals surface area contributed by atoms with E-state index in [-0.39, 0.29) is 5.91 Å². The van der Waals surface area contributed by atoms with Crippen LogP contribution in [0.25, 0.3) is 0 Å². The summed E-state index contributed by atoms with van der Waals surface area (Å²) < 4.78 is 5.76. The highest BCUT2D eigenvalue weighted by Gasteiger charge is 2.29. The summed E-state index contributed by atoms with van der Waals surface area (Å²) in [5.41, 5.74) is 3.22. The maximum atomic E-state index is 12.2. The number of hydrazone groups is 1. The first-order chi connectivity index (χ1) is 10.9. The summed E-state index contributed by atoms with van der Waals surface area (Å²) in [6.45, 7) is 5.35. The van der Waals surface area contributed by atoms with Gasteiger partial charge in [0, 0.05) is 10.6 Å². The summed E-state index contributed by atoms with van der Waals surface area (Å²) in [5, 5.41) is 4.51. The van der Waals surface area contributed by atoms with Crippen LogP contribution in [0.15, 0.2) is 53.6 Å². The summed E-state index contributed by atoms with van der Waals surface area (Å²) in [4.78, 5) is 12.2. The molecule has 0 unspecified atom stereocenters. The lowest BCUT2D eigenvalue weighted by Crippen LogP contribution is -2.44. The number of amides is 1. The molecule has 2 rings (SSSR count). The highest BCUT2D eigenvalue weighted by Crippen LogP contribution is 2.19. The van der Waals surface area contributed by atoms with E-state index in [0.29, 0.717) is 10.8 Å². The van der Waals surface area contributed by atoms with Crippen molar-refractivity contribution >= 4 is 23.7 Å². The molecule has 0 atom stereocenters. The Balaban J connectivity index is 2.00. The van der Waals surface area contributed by atoms with E-state index >= 15 is 0 Å². The van der Waals surface area contributed by atoms with Gasteiger partial charge < -0.3 is 4.74 Å². The molecule has 23 heavy (non-hydrogen) atoms. The van der Waals surface area contributed by atoms with Crippen LogP contribution in [0.4, 0.5) is 0 Å². The standard InChI is InChI=1S/C18H19ClN2O2/c1-13-7-6-9-15(11-13)23-18(2,3)17(22)21-20-12-14-8-4-5-10-16(14)19/h4-12H,1-3H3,(H,21,22)/b20-12+. The smallest absolute Gasteiger partial charge is 0.283 e. The second-order valence-corrected chi connectivity index (χ2v) is 6.06. The molecule has 0 radical (unpaired) electrons. The predicted octanol–water partition coefficient (Wildman–Crippen LogP) is 3.96. The van der Waals surface area contributed by atoms with E-state index in [1.54, 1.807) is 19.9 Å². The van der Waals surface area contributed by atoms with Crippen molar-refractivity contribution in [3.63, 3.8) is 0 Å². The van der Waals surface area contributed by atoms with Crippen molar-refractivity contribution in [1.29, 1.82) is 0 Å². The summed E-state index contributed by atoms with van der Waals surface area (Å²) in [6, 6.07) is 14.8. The van der Waals surface area contributed by atoms with Crippen molar-refractivity contribution in [2.24, 2.45) is 5.10 Å². The van der Waals surface area contributed by atoms with Crippen molar-refractivity contribution < 1.29 is 9.53 Å². The summed E-state index contributed by atoms with van der Waals surface area (Å²) in [5.74, 6) is 0.294. The van der Waals surface area contributed by atoms with Crippen molar-refractivity contribution in [2.75, 3.05) is 0 Å². The maximum absolute atomic E-state index is 12.2. The first-order valence-corrected chi connectivity index (χ1v) is 7.60. The number of carbonyl (C=O) groups excluding carboxylic acids is 1. The van der Waals surface area contributed by atoms with E-state index in [9.17, 15) is 4.79 Å². The molecule has 0 aliphatic carbocycles. The number of halogens is 1. The minimum atomic E-state index is -1.05. The average molecular weight is 331 g/mol. The Hall–Kier alpha value is -2.33. The minimum absolute atomic E-state index is 0.345. The lowest BCUT2D eigenvalue weighted by Gasteiger charge is -2.24. The highest BCUT2D eigenvalue weighted by molar-refractivity contribution is 6.33. The summed E-state index contributed by atoms with van der Waals surface area (Å²) >= 11 is 6.02. The van der Waals surface area contributed by atoms with Crippen LogP contribution in [-0.4, -0.2) is 17.7 Å². The molecule has 0 saturated heterocycles. The number of rotatable bonds is 5. The van der Waals surface area contributed by atoms with Crippen LogP contribution >= 0.6 is 11.6 Å². The van der Waals surface area contributed by atoms with E-state index in [4.69, 9.17) is 16.3 Å². The molecule has 0 spiro atoms. The number of ether oxygens (including phenoxy) is 1. The van der Waals surface area contributed by atoms with Gasteiger partial charge >= 0.3 is 0 Å². The van der Waals surface area contributed by atoms with Crippen LogP contribution in [0, 0.1) is 6.92 Å². The van der Waals surface area contributed by atoms with Crippen LogP contribution in [0.1, 0.15) is 25.0 Å². The van der Waals surface area contributed by atoms with Gasteiger partial charge in [-0.1, -0.05) is 41.9 Å². The zero-order chi connectivity index (χ0) is 16.9. The SMILES string of the molecule is Cc1cccc(OC(C)(C)C(=O)N/N=C/c2ccccc2Cl)c1. The van der Waals surface area contributed by atoms with Crippen molar-refractivity contribution in [3.05, 3.63) is 64.7 Å². The fourth-order valence-corrected chi connectivity index (χ4v) is 2.08. The zero-order valence-electron chi connectivity index (χ0n) is 13.3.